The van der Waals surface area contributed by atoms with Crippen molar-refractivity contribution in [3.8, 4) is 5.75 Å². The molecule has 0 spiro atoms. The maximum absolute atomic E-state index is 12.7. The van der Waals surface area contributed by atoms with Gasteiger partial charge in [0.15, 0.2) is 0 Å². The van der Waals surface area contributed by atoms with Crippen LogP contribution in [0.15, 0.2) is 53.3 Å². The van der Waals surface area contributed by atoms with Crippen LogP contribution in [-0.2, 0) is 13.1 Å². The predicted octanol–water partition coefficient (Wildman–Crippen LogP) is 2.96. The molecule has 2 aromatic carbocycles. The Hall–Kier alpha value is -2.53. The normalized spacial score (nSPS) is 12.4. The Morgan fingerprint density at radius 3 is 2.48 bits per heavy atom. The number of aliphatic hydroxyl groups is 1. The molecule has 132 valence electrons. The van der Waals surface area contributed by atoms with Gasteiger partial charge in [0.25, 0.3) is 0 Å². The molecule has 0 saturated carbocycles. The van der Waals surface area contributed by atoms with Crippen molar-refractivity contribution in [3.63, 3.8) is 0 Å². The van der Waals surface area contributed by atoms with Gasteiger partial charge < -0.3 is 9.84 Å². The molecule has 0 saturated heterocycles. The maximum atomic E-state index is 12.7. The van der Waals surface area contributed by atoms with Gasteiger partial charge in [-0.05, 0) is 43.2 Å². The van der Waals surface area contributed by atoms with E-state index in [9.17, 15) is 9.90 Å². The number of aliphatic hydroxyl groups excluding tert-OH is 1. The van der Waals surface area contributed by atoms with E-state index in [4.69, 9.17) is 4.74 Å². The van der Waals surface area contributed by atoms with Crippen LogP contribution in [0.3, 0.4) is 0 Å². The lowest BCUT2D eigenvalue weighted by Gasteiger charge is -2.13. The largest absolute Gasteiger partial charge is 0.491 e. The quantitative estimate of drug-likeness (QED) is 0.719. The number of fused-ring (bicyclic) bond motifs is 1. The van der Waals surface area contributed by atoms with Crippen LogP contribution in [0.1, 0.15) is 18.9 Å². The molecule has 0 aliphatic rings. The number of rotatable bonds is 7. The molecular formula is C20H24N2O3. The Balaban J connectivity index is 1.78. The van der Waals surface area contributed by atoms with Crippen molar-refractivity contribution < 1.29 is 9.84 Å². The number of hydrogen-bond acceptors (Lipinski definition) is 3. The lowest BCUT2D eigenvalue weighted by Crippen LogP contribution is -2.31. The average molecular weight is 340 g/mol. The summed E-state index contributed by atoms with van der Waals surface area (Å²) in [5.41, 5.74) is 2.76. The van der Waals surface area contributed by atoms with E-state index in [1.807, 2.05) is 62.4 Å². The third-order valence-corrected chi connectivity index (χ3v) is 4.20. The second-order valence-corrected chi connectivity index (χ2v) is 6.31. The van der Waals surface area contributed by atoms with Crippen molar-refractivity contribution in [1.82, 2.24) is 9.13 Å². The highest BCUT2D eigenvalue weighted by Crippen LogP contribution is 2.15. The number of hydrogen-bond donors (Lipinski definition) is 1. The molecule has 0 aliphatic carbocycles. The van der Waals surface area contributed by atoms with Crippen LogP contribution in [-0.4, -0.2) is 27.0 Å². The number of para-hydroxylation sites is 2. The van der Waals surface area contributed by atoms with E-state index in [2.05, 4.69) is 0 Å². The van der Waals surface area contributed by atoms with Crippen LogP contribution in [0.5, 0.6) is 5.75 Å². The van der Waals surface area contributed by atoms with Crippen molar-refractivity contribution in [3.05, 3.63) is 64.6 Å². The van der Waals surface area contributed by atoms with Crippen molar-refractivity contribution in [2.24, 2.45) is 0 Å². The molecule has 5 heteroatoms. The van der Waals surface area contributed by atoms with Crippen LogP contribution in [0.4, 0.5) is 0 Å². The number of aromatic nitrogens is 2. The van der Waals surface area contributed by atoms with Crippen molar-refractivity contribution >= 4 is 11.0 Å². The smallest absolute Gasteiger partial charge is 0.329 e. The van der Waals surface area contributed by atoms with Crippen molar-refractivity contribution in [1.29, 1.82) is 0 Å². The maximum Gasteiger partial charge on any atom is 0.329 e. The van der Waals surface area contributed by atoms with Gasteiger partial charge in [0.1, 0.15) is 18.5 Å². The van der Waals surface area contributed by atoms with Gasteiger partial charge in [-0.1, -0.05) is 31.2 Å². The minimum absolute atomic E-state index is 0.0855. The van der Waals surface area contributed by atoms with Gasteiger partial charge >= 0.3 is 5.69 Å². The summed E-state index contributed by atoms with van der Waals surface area (Å²) in [5.74, 6) is 0.722. The van der Waals surface area contributed by atoms with Crippen LogP contribution in [0.25, 0.3) is 11.0 Å². The number of aryl methyl sites for hydroxylation is 2. The standard InChI is InChI=1S/C20H24N2O3/c1-3-11-21-18-9-4-5-10-19(18)22(20(21)24)13-16(23)14-25-17-8-6-7-15(2)12-17/h4-10,12,16,23H,3,11,13-14H2,1-2H3/t16-/m1/s1. The average Bonchev–Trinajstić information content (AvgIpc) is 2.86. The fourth-order valence-electron chi connectivity index (χ4n) is 3.05. The molecule has 3 rings (SSSR count). The molecule has 0 unspecified atom stereocenters. The fraction of sp³-hybridized carbons (Fsp3) is 0.350. The van der Waals surface area contributed by atoms with E-state index < -0.39 is 6.10 Å². The second-order valence-electron chi connectivity index (χ2n) is 6.31. The predicted molar refractivity (Wildman–Crippen MR) is 99.2 cm³/mol. The third-order valence-electron chi connectivity index (χ3n) is 4.20. The first-order valence-electron chi connectivity index (χ1n) is 8.65. The molecule has 1 aromatic heterocycles. The van der Waals surface area contributed by atoms with E-state index in [1.165, 1.54) is 0 Å². The monoisotopic (exact) mass is 340 g/mol. The Kier molecular flexibility index (Phi) is 5.24. The number of imidazole rings is 1. The van der Waals surface area contributed by atoms with Gasteiger partial charge in [-0.2, -0.15) is 0 Å². The highest BCUT2D eigenvalue weighted by Gasteiger charge is 2.15. The zero-order valence-corrected chi connectivity index (χ0v) is 14.7. The van der Waals surface area contributed by atoms with Crippen LogP contribution >= 0.6 is 0 Å². The molecule has 25 heavy (non-hydrogen) atoms. The van der Waals surface area contributed by atoms with Crippen molar-refractivity contribution in [2.45, 2.75) is 39.5 Å². The molecule has 1 heterocycles. The summed E-state index contributed by atoms with van der Waals surface area (Å²) in [6, 6.07) is 15.4. The molecule has 5 nitrogen and oxygen atoms in total. The number of nitrogens with zero attached hydrogens (tertiary/aromatic N) is 2. The molecule has 1 atom stereocenters. The van der Waals surface area contributed by atoms with E-state index in [-0.39, 0.29) is 18.8 Å². The molecule has 0 amide bonds. The first kappa shape index (κ1) is 17.3. The first-order valence-corrected chi connectivity index (χ1v) is 8.65. The molecule has 1 N–H and O–H groups in total. The van der Waals surface area contributed by atoms with E-state index in [0.717, 1.165) is 28.8 Å². The summed E-state index contributed by atoms with van der Waals surface area (Å²) >= 11 is 0. The van der Waals surface area contributed by atoms with Gasteiger partial charge in [-0.3, -0.25) is 9.13 Å². The van der Waals surface area contributed by atoms with Crippen LogP contribution in [0.2, 0.25) is 0 Å². The minimum Gasteiger partial charge on any atom is -0.491 e. The highest BCUT2D eigenvalue weighted by atomic mass is 16.5. The molecule has 0 bridgehead atoms. The number of ether oxygens (including phenoxy) is 1. The molecule has 0 fully saturated rings. The number of benzene rings is 2. The summed E-state index contributed by atoms with van der Waals surface area (Å²) in [7, 11) is 0. The van der Waals surface area contributed by atoms with E-state index in [1.54, 1.807) is 9.13 Å². The lowest BCUT2D eigenvalue weighted by molar-refractivity contribution is 0.0924. The SMILES string of the molecule is CCCn1c(=O)n(C[C@@H](O)COc2cccc(C)c2)c2ccccc21. The zero-order valence-electron chi connectivity index (χ0n) is 14.7. The highest BCUT2D eigenvalue weighted by molar-refractivity contribution is 5.76. The first-order chi connectivity index (χ1) is 12.1. The zero-order chi connectivity index (χ0) is 17.8. The van der Waals surface area contributed by atoms with Gasteiger partial charge in [0.05, 0.1) is 17.6 Å². The molecule has 0 radical (unpaired) electrons. The van der Waals surface area contributed by atoms with E-state index in [0.29, 0.717) is 6.54 Å². The molecule has 0 aliphatic heterocycles. The Morgan fingerprint density at radius 1 is 1.08 bits per heavy atom. The van der Waals surface area contributed by atoms with Gasteiger partial charge in [0.2, 0.25) is 0 Å². The summed E-state index contributed by atoms with van der Waals surface area (Å²) in [5, 5.41) is 10.4. The van der Waals surface area contributed by atoms with Crippen LogP contribution in [0, 0.1) is 6.92 Å². The van der Waals surface area contributed by atoms with Gasteiger partial charge in [-0.25, -0.2) is 4.79 Å². The second kappa shape index (κ2) is 7.57. The fourth-order valence-corrected chi connectivity index (χ4v) is 3.05. The minimum atomic E-state index is -0.765. The topological polar surface area (TPSA) is 56.4 Å². The lowest BCUT2D eigenvalue weighted by atomic mass is 10.2. The summed E-state index contributed by atoms with van der Waals surface area (Å²) in [6.45, 7) is 5.06. The third kappa shape index (κ3) is 3.77. The molecular weight excluding hydrogens is 316 g/mol. The summed E-state index contributed by atoms with van der Waals surface area (Å²) in [6.07, 6.45) is 0.117. The van der Waals surface area contributed by atoms with Gasteiger partial charge in [-0.15, -0.1) is 0 Å². The summed E-state index contributed by atoms with van der Waals surface area (Å²) < 4.78 is 9.06. The Labute approximate surface area is 147 Å². The summed E-state index contributed by atoms with van der Waals surface area (Å²) in [4.78, 5) is 12.7. The Bertz CT molecular complexity index is 911. The van der Waals surface area contributed by atoms with E-state index >= 15 is 0 Å². The van der Waals surface area contributed by atoms with Crippen molar-refractivity contribution in [2.75, 3.05) is 6.61 Å². The van der Waals surface area contributed by atoms with Gasteiger partial charge in [0, 0.05) is 6.54 Å². The Morgan fingerprint density at radius 2 is 1.80 bits per heavy atom. The molecule has 3 aromatic rings. The van der Waals surface area contributed by atoms with Crippen LogP contribution < -0.4 is 10.4 Å².